The van der Waals surface area contributed by atoms with Crippen LogP contribution >= 0.6 is 15.9 Å². The third-order valence-electron chi connectivity index (χ3n) is 10.8. The lowest BCUT2D eigenvalue weighted by molar-refractivity contribution is 0.0596. The van der Waals surface area contributed by atoms with E-state index in [1.165, 1.54) is 36.8 Å². The number of amides is 1. The van der Waals surface area contributed by atoms with Crippen molar-refractivity contribution in [1.29, 1.82) is 0 Å². The van der Waals surface area contributed by atoms with E-state index in [4.69, 9.17) is 4.98 Å². The van der Waals surface area contributed by atoms with Crippen molar-refractivity contribution in [3.63, 3.8) is 0 Å². The molecule has 2 aromatic carbocycles. The molecule has 3 atom stereocenters. The molecule has 0 spiro atoms. The first-order chi connectivity index (χ1) is 20.9. The van der Waals surface area contributed by atoms with Crippen LogP contribution in [0.15, 0.2) is 59.1 Å². The van der Waals surface area contributed by atoms with E-state index in [0.717, 1.165) is 60.4 Å². The molecule has 3 saturated heterocycles. The molecule has 0 N–H and O–H groups in total. The normalized spacial score (nSPS) is 23.7. The maximum Gasteiger partial charge on any atom is 0.273 e. The Bertz CT molecular complexity index is 1600. The van der Waals surface area contributed by atoms with Crippen LogP contribution in [0.25, 0.3) is 11.0 Å². The summed E-state index contributed by atoms with van der Waals surface area (Å²) >= 11 is 3.65. The fourth-order valence-corrected chi connectivity index (χ4v) is 9.00. The van der Waals surface area contributed by atoms with Crippen LogP contribution in [0.4, 0.5) is 0 Å². The van der Waals surface area contributed by atoms with Crippen LogP contribution in [0, 0.1) is 13.8 Å². The van der Waals surface area contributed by atoms with E-state index in [0.29, 0.717) is 30.4 Å². The van der Waals surface area contributed by atoms with Gasteiger partial charge in [-0.2, -0.15) is 5.10 Å². The van der Waals surface area contributed by atoms with Crippen molar-refractivity contribution in [2.24, 2.45) is 0 Å². The van der Waals surface area contributed by atoms with Crippen LogP contribution in [0.1, 0.15) is 85.5 Å². The van der Waals surface area contributed by atoms with E-state index >= 15 is 0 Å². The summed E-state index contributed by atoms with van der Waals surface area (Å²) < 4.78 is 5.20. The van der Waals surface area contributed by atoms with Gasteiger partial charge in [-0.05, 0) is 111 Å². The molecular formula is C35H43BrN6O. The number of hydrogen-bond acceptors (Lipinski definition) is 4. The van der Waals surface area contributed by atoms with Crippen molar-refractivity contribution in [3.05, 3.63) is 81.8 Å². The van der Waals surface area contributed by atoms with Gasteiger partial charge in [0.15, 0.2) is 0 Å². The van der Waals surface area contributed by atoms with Gasteiger partial charge in [0.2, 0.25) is 0 Å². The molecular weight excluding hydrogens is 600 g/mol. The van der Waals surface area contributed by atoms with Gasteiger partial charge < -0.3 is 9.47 Å². The van der Waals surface area contributed by atoms with Crippen molar-refractivity contribution in [2.45, 2.75) is 95.8 Å². The summed E-state index contributed by atoms with van der Waals surface area (Å²) in [6.07, 6.45) is 8.13. The number of carbonyl (C=O) groups is 1. The molecule has 0 unspecified atom stereocenters. The Morgan fingerprint density at radius 1 is 0.953 bits per heavy atom. The average Bonchev–Trinajstić information content (AvgIpc) is 3.61. The highest BCUT2D eigenvalue weighted by molar-refractivity contribution is 9.10. The van der Waals surface area contributed by atoms with Gasteiger partial charge in [0.05, 0.1) is 21.2 Å². The molecule has 7 rings (SSSR count). The summed E-state index contributed by atoms with van der Waals surface area (Å²) in [4.78, 5) is 23.5. The Hall–Kier alpha value is -2.97. The van der Waals surface area contributed by atoms with Gasteiger partial charge in [0.1, 0.15) is 11.5 Å². The summed E-state index contributed by atoms with van der Waals surface area (Å²) in [5.74, 6) is 1.24. The minimum absolute atomic E-state index is 0.0869. The molecule has 3 fully saturated rings. The summed E-state index contributed by atoms with van der Waals surface area (Å²) in [6.45, 7) is 9.53. The van der Waals surface area contributed by atoms with Crippen molar-refractivity contribution in [1.82, 2.24) is 29.1 Å². The number of aryl methyl sites for hydroxylation is 3. The van der Waals surface area contributed by atoms with Crippen LogP contribution in [0.5, 0.6) is 0 Å². The fraction of sp³-hybridized carbons (Fsp3) is 0.514. The lowest BCUT2D eigenvalue weighted by Gasteiger charge is -2.45. The molecule has 0 aliphatic carbocycles. The van der Waals surface area contributed by atoms with E-state index in [1.807, 2.05) is 18.5 Å². The maximum absolute atomic E-state index is 13.7. The molecule has 1 amide bonds. The first-order valence-corrected chi connectivity index (χ1v) is 16.9. The molecule has 7 nitrogen and oxygen atoms in total. The Labute approximate surface area is 263 Å². The molecule has 43 heavy (non-hydrogen) atoms. The van der Waals surface area contributed by atoms with Gasteiger partial charge in [-0.25, -0.2) is 4.98 Å². The predicted molar refractivity (Wildman–Crippen MR) is 174 cm³/mol. The number of benzene rings is 2. The zero-order valence-electron chi connectivity index (χ0n) is 25.7. The van der Waals surface area contributed by atoms with Crippen LogP contribution in [-0.4, -0.2) is 66.8 Å². The highest BCUT2D eigenvalue weighted by Gasteiger charge is 2.44. The van der Waals surface area contributed by atoms with Crippen LogP contribution < -0.4 is 0 Å². The Balaban J connectivity index is 1.07. The number of para-hydroxylation sites is 2. The second kappa shape index (κ2) is 11.5. The Kier molecular flexibility index (Phi) is 7.70. The number of fused-ring (bicyclic) bond motifs is 3. The number of aromatic nitrogens is 4. The number of piperidine rings is 2. The smallest absolute Gasteiger partial charge is 0.273 e. The average molecular weight is 644 g/mol. The standard InChI is InChI=1S/C35H43BrN6O/c1-4-41-33(32(36)24(2)38-41)34(43)39-19-16-35(17-20-39,26-10-6-5-7-11-26)18-21-40-27-14-15-28(40)23-29(22-27)42-25(3)37-30-12-8-9-13-31(30)42/h5-13,27-29H,4,14-23H2,1-3H3/t27-,28+,29+. The van der Waals surface area contributed by atoms with E-state index in [1.54, 1.807) is 0 Å². The number of halogens is 1. The summed E-state index contributed by atoms with van der Waals surface area (Å²) in [6, 6.07) is 21.5. The van der Waals surface area contributed by atoms with Crippen molar-refractivity contribution in [2.75, 3.05) is 19.6 Å². The minimum atomic E-state index is 0.0869. The lowest BCUT2D eigenvalue weighted by Crippen LogP contribution is -2.49. The van der Waals surface area contributed by atoms with Crippen molar-refractivity contribution >= 4 is 32.9 Å². The third-order valence-corrected chi connectivity index (χ3v) is 11.7. The molecule has 2 bridgehead atoms. The maximum atomic E-state index is 13.7. The Morgan fingerprint density at radius 2 is 1.63 bits per heavy atom. The SMILES string of the molecule is CCn1nc(C)c(Br)c1C(=O)N1CCC(CCN2[C@@H]3CC[C@H]2C[C@@H](n2c(C)nc4ccccc42)C3)(c2ccccc2)CC1. The van der Waals surface area contributed by atoms with Crippen molar-refractivity contribution < 1.29 is 4.79 Å². The number of hydrogen-bond donors (Lipinski definition) is 0. The molecule has 4 aromatic rings. The summed E-state index contributed by atoms with van der Waals surface area (Å²) in [5, 5.41) is 4.57. The van der Waals surface area contributed by atoms with Gasteiger partial charge in [0, 0.05) is 37.8 Å². The highest BCUT2D eigenvalue weighted by atomic mass is 79.9. The van der Waals surface area contributed by atoms with Crippen LogP contribution in [0.2, 0.25) is 0 Å². The minimum Gasteiger partial charge on any atom is -0.337 e. The molecule has 2 aromatic heterocycles. The number of rotatable bonds is 7. The van der Waals surface area contributed by atoms with E-state index in [2.05, 4.69) is 96.9 Å². The lowest BCUT2D eigenvalue weighted by atomic mass is 9.70. The van der Waals surface area contributed by atoms with Crippen molar-refractivity contribution in [3.8, 4) is 0 Å². The third kappa shape index (κ3) is 5.04. The quantitative estimate of drug-likeness (QED) is 0.216. The van der Waals surface area contributed by atoms with Gasteiger partial charge in [0.25, 0.3) is 5.91 Å². The second-order valence-corrected chi connectivity index (χ2v) is 13.8. The molecule has 5 heterocycles. The second-order valence-electron chi connectivity index (χ2n) is 13.0. The van der Waals surface area contributed by atoms with Gasteiger partial charge in [-0.1, -0.05) is 42.5 Å². The zero-order chi connectivity index (χ0) is 29.7. The molecule has 0 radical (unpaired) electrons. The number of likely N-dealkylation sites (tertiary alicyclic amines) is 1. The van der Waals surface area contributed by atoms with Crippen LogP contribution in [-0.2, 0) is 12.0 Å². The number of carbonyl (C=O) groups excluding carboxylic acids is 1. The summed E-state index contributed by atoms with van der Waals surface area (Å²) in [7, 11) is 0. The largest absolute Gasteiger partial charge is 0.337 e. The zero-order valence-corrected chi connectivity index (χ0v) is 27.3. The molecule has 3 aliphatic heterocycles. The van der Waals surface area contributed by atoms with Gasteiger partial charge in [-0.3, -0.25) is 14.4 Å². The monoisotopic (exact) mass is 642 g/mol. The van der Waals surface area contributed by atoms with E-state index in [9.17, 15) is 4.79 Å². The molecule has 3 aliphatic rings. The number of imidazole rings is 1. The fourth-order valence-electron chi connectivity index (χ4n) is 8.55. The first kappa shape index (κ1) is 28.8. The van der Waals surface area contributed by atoms with E-state index in [-0.39, 0.29) is 11.3 Å². The first-order valence-electron chi connectivity index (χ1n) is 16.2. The topological polar surface area (TPSA) is 59.2 Å². The van der Waals surface area contributed by atoms with E-state index < -0.39 is 0 Å². The Morgan fingerprint density at radius 3 is 2.33 bits per heavy atom. The summed E-state index contributed by atoms with van der Waals surface area (Å²) in [5.41, 5.74) is 5.48. The molecule has 8 heteroatoms. The predicted octanol–water partition coefficient (Wildman–Crippen LogP) is 7.06. The highest BCUT2D eigenvalue weighted by Crippen LogP contribution is 2.45. The molecule has 226 valence electrons. The van der Waals surface area contributed by atoms with Gasteiger partial charge in [-0.15, -0.1) is 0 Å². The van der Waals surface area contributed by atoms with Gasteiger partial charge >= 0.3 is 0 Å². The molecule has 0 saturated carbocycles. The van der Waals surface area contributed by atoms with Crippen LogP contribution in [0.3, 0.4) is 0 Å². The number of nitrogens with zero attached hydrogens (tertiary/aromatic N) is 6.